The molecule has 114 valence electrons. The molecule has 2 aromatic heterocycles. The van der Waals surface area contributed by atoms with Crippen LogP contribution in [0.3, 0.4) is 0 Å². The van der Waals surface area contributed by atoms with E-state index in [9.17, 15) is 9.59 Å². The van der Waals surface area contributed by atoms with Gasteiger partial charge < -0.3 is 0 Å². The summed E-state index contributed by atoms with van der Waals surface area (Å²) in [5.74, 6) is -0.821. The molecule has 1 N–H and O–H groups in total. The summed E-state index contributed by atoms with van der Waals surface area (Å²) < 4.78 is 0.266. The molecule has 3 heterocycles. The van der Waals surface area contributed by atoms with Crippen LogP contribution >= 0.6 is 24.0 Å². The van der Waals surface area contributed by atoms with Gasteiger partial charge in [-0.2, -0.15) is 5.01 Å². The summed E-state index contributed by atoms with van der Waals surface area (Å²) in [6.07, 6.45) is 7.95. The summed E-state index contributed by atoms with van der Waals surface area (Å²) in [4.78, 5) is 32.8. The van der Waals surface area contributed by atoms with Gasteiger partial charge in [-0.1, -0.05) is 17.8 Å². The van der Waals surface area contributed by atoms with Crippen LogP contribution in [-0.4, -0.2) is 31.1 Å². The zero-order chi connectivity index (χ0) is 16.2. The Morgan fingerprint density at radius 3 is 2.61 bits per heavy atom. The molecule has 0 bridgehead atoms. The summed E-state index contributed by atoms with van der Waals surface area (Å²) >= 11 is 6.29. The first-order valence-electron chi connectivity index (χ1n) is 6.54. The van der Waals surface area contributed by atoms with E-state index in [1.165, 1.54) is 6.20 Å². The number of hydrazine groups is 1. The maximum absolute atomic E-state index is 12.4. The molecule has 8 heteroatoms. The van der Waals surface area contributed by atoms with Gasteiger partial charge in [-0.15, -0.1) is 0 Å². The number of hydrogen-bond donors (Lipinski definition) is 1. The fourth-order valence-electron chi connectivity index (χ4n) is 1.84. The molecule has 0 saturated carbocycles. The number of aromatic nitrogens is 2. The van der Waals surface area contributed by atoms with Crippen LogP contribution in [0.15, 0.2) is 54.0 Å². The van der Waals surface area contributed by atoms with Crippen molar-refractivity contribution in [2.24, 2.45) is 0 Å². The van der Waals surface area contributed by atoms with Crippen LogP contribution in [0.1, 0.15) is 15.9 Å². The third-order valence-corrected chi connectivity index (χ3v) is 4.22. The average Bonchev–Trinajstić information content (AvgIpc) is 2.84. The number of hydrogen-bond acceptors (Lipinski definition) is 6. The number of thioether (sulfide) groups is 1. The number of nitrogens with one attached hydrogen (secondary N) is 1. The van der Waals surface area contributed by atoms with Gasteiger partial charge in [-0.25, -0.2) is 0 Å². The number of thiocarbonyl (C=S) groups is 1. The lowest BCUT2D eigenvalue weighted by atomic mass is 10.2. The molecule has 1 saturated heterocycles. The molecule has 0 aliphatic carbocycles. The second-order valence-electron chi connectivity index (χ2n) is 4.49. The van der Waals surface area contributed by atoms with Crippen molar-refractivity contribution in [1.82, 2.24) is 20.4 Å². The van der Waals surface area contributed by atoms with Gasteiger partial charge in [0.15, 0.2) is 4.32 Å². The lowest BCUT2D eigenvalue weighted by Gasteiger charge is -2.15. The predicted octanol–water partition coefficient (Wildman–Crippen LogP) is 2.02. The first kappa shape index (κ1) is 15.3. The van der Waals surface area contributed by atoms with Crippen LogP contribution in [0.4, 0.5) is 0 Å². The summed E-state index contributed by atoms with van der Waals surface area (Å²) in [7, 11) is 0. The smallest absolute Gasteiger partial charge is 0.267 e. The Kier molecular flexibility index (Phi) is 4.45. The van der Waals surface area contributed by atoms with Crippen LogP contribution in [0.2, 0.25) is 0 Å². The number of rotatable bonds is 3. The molecule has 0 unspecified atom stereocenters. The average molecular weight is 342 g/mol. The van der Waals surface area contributed by atoms with E-state index in [2.05, 4.69) is 15.4 Å². The summed E-state index contributed by atoms with van der Waals surface area (Å²) in [5.41, 5.74) is 3.63. The van der Waals surface area contributed by atoms with Crippen molar-refractivity contribution in [3.63, 3.8) is 0 Å². The molecule has 2 amide bonds. The molecule has 0 aromatic carbocycles. The lowest BCUT2D eigenvalue weighted by Crippen LogP contribution is -2.44. The van der Waals surface area contributed by atoms with E-state index < -0.39 is 5.91 Å². The molecule has 1 fully saturated rings. The van der Waals surface area contributed by atoms with Crippen molar-refractivity contribution in [3.8, 4) is 0 Å². The van der Waals surface area contributed by atoms with E-state index in [1.807, 2.05) is 6.07 Å². The van der Waals surface area contributed by atoms with Gasteiger partial charge in [0.2, 0.25) is 0 Å². The van der Waals surface area contributed by atoms with Crippen LogP contribution in [0, 0.1) is 0 Å². The Morgan fingerprint density at radius 2 is 1.96 bits per heavy atom. The number of carbonyl (C=O) groups is 2. The third-order valence-electron chi connectivity index (χ3n) is 2.91. The van der Waals surface area contributed by atoms with Crippen molar-refractivity contribution >= 4 is 46.2 Å². The molecule has 0 atom stereocenters. The summed E-state index contributed by atoms with van der Waals surface area (Å²) in [5, 5.41) is 1.07. The number of pyridine rings is 2. The lowest BCUT2D eigenvalue weighted by molar-refractivity contribution is -0.123. The molecular weight excluding hydrogens is 332 g/mol. The highest BCUT2D eigenvalue weighted by atomic mass is 32.2. The van der Waals surface area contributed by atoms with Crippen LogP contribution < -0.4 is 5.43 Å². The predicted molar refractivity (Wildman–Crippen MR) is 91.0 cm³/mol. The van der Waals surface area contributed by atoms with E-state index >= 15 is 0 Å². The van der Waals surface area contributed by atoms with Crippen LogP contribution in [-0.2, 0) is 4.79 Å². The monoisotopic (exact) mass is 342 g/mol. The summed E-state index contributed by atoms with van der Waals surface area (Å²) in [6.45, 7) is 0. The van der Waals surface area contributed by atoms with E-state index in [1.54, 1.807) is 42.9 Å². The Bertz CT molecular complexity index is 794. The largest absolute Gasteiger partial charge is 0.285 e. The van der Waals surface area contributed by atoms with Crippen molar-refractivity contribution in [2.75, 3.05) is 0 Å². The van der Waals surface area contributed by atoms with Gasteiger partial charge in [-0.05, 0) is 42.1 Å². The Labute approximate surface area is 141 Å². The SMILES string of the molecule is O=C(NN1C(=O)C(=Cc2cccnc2)SC1=S)c1cccnc1. The maximum atomic E-state index is 12.4. The number of amides is 2. The van der Waals surface area contributed by atoms with Crippen LogP contribution in [0.25, 0.3) is 6.08 Å². The minimum atomic E-state index is -0.447. The minimum absolute atomic E-state index is 0.266. The quantitative estimate of drug-likeness (QED) is 0.679. The molecule has 1 aliphatic rings. The second-order valence-corrected chi connectivity index (χ2v) is 6.16. The van der Waals surface area contributed by atoms with Gasteiger partial charge >= 0.3 is 0 Å². The highest BCUT2D eigenvalue weighted by Gasteiger charge is 2.33. The van der Waals surface area contributed by atoms with Crippen molar-refractivity contribution in [3.05, 3.63) is 65.1 Å². The molecule has 6 nitrogen and oxygen atoms in total. The summed E-state index contributed by atoms with van der Waals surface area (Å²) in [6, 6.07) is 6.84. The van der Waals surface area contributed by atoms with E-state index in [-0.39, 0.29) is 10.2 Å². The van der Waals surface area contributed by atoms with Gasteiger partial charge in [0.25, 0.3) is 11.8 Å². The van der Waals surface area contributed by atoms with E-state index in [0.717, 1.165) is 22.3 Å². The zero-order valence-corrected chi connectivity index (χ0v) is 13.3. The van der Waals surface area contributed by atoms with Crippen LogP contribution in [0.5, 0.6) is 0 Å². The van der Waals surface area contributed by atoms with Gasteiger partial charge in [0, 0.05) is 24.8 Å². The number of nitrogens with zero attached hydrogens (tertiary/aromatic N) is 3. The first-order chi connectivity index (χ1) is 11.1. The van der Waals surface area contributed by atoms with Gasteiger partial charge in [0.05, 0.1) is 10.5 Å². The zero-order valence-electron chi connectivity index (χ0n) is 11.7. The van der Waals surface area contributed by atoms with Crippen molar-refractivity contribution < 1.29 is 9.59 Å². The standard InChI is InChI=1S/C15H10N4O2S2/c20-13(11-4-2-6-17-9-11)18-19-14(21)12(23-15(19)22)7-10-3-1-5-16-8-10/h1-9H,(H,18,20). The topological polar surface area (TPSA) is 75.2 Å². The highest BCUT2D eigenvalue weighted by Crippen LogP contribution is 2.31. The third kappa shape index (κ3) is 3.43. The van der Waals surface area contributed by atoms with Gasteiger partial charge in [-0.3, -0.25) is 25.0 Å². The molecular formula is C15H10N4O2S2. The highest BCUT2D eigenvalue weighted by molar-refractivity contribution is 8.26. The molecule has 1 aliphatic heterocycles. The maximum Gasteiger partial charge on any atom is 0.285 e. The number of carbonyl (C=O) groups excluding carboxylic acids is 2. The Morgan fingerprint density at radius 1 is 1.22 bits per heavy atom. The van der Waals surface area contributed by atoms with Gasteiger partial charge in [0.1, 0.15) is 0 Å². The first-order valence-corrected chi connectivity index (χ1v) is 7.76. The molecule has 0 spiro atoms. The minimum Gasteiger partial charge on any atom is -0.267 e. The van der Waals surface area contributed by atoms with Crippen molar-refractivity contribution in [1.29, 1.82) is 0 Å². The fraction of sp³-hybridized carbons (Fsp3) is 0. The Hall–Kier alpha value is -2.58. The second kappa shape index (κ2) is 6.67. The molecule has 0 radical (unpaired) electrons. The molecule has 3 rings (SSSR count). The molecule has 23 heavy (non-hydrogen) atoms. The fourth-order valence-corrected chi connectivity index (χ4v) is 3.02. The van der Waals surface area contributed by atoms with E-state index in [4.69, 9.17) is 12.2 Å². The van der Waals surface area contributed by atoms with E-state index in [0.29, 0.717) is 10.5 Å². The normalized spacial score (nSPS) is 16.0. The molecule has 2 aromatic rings. The Balaban J connectivity index is 1.77. The van der Waals surface area contributed by atoms with Crippen molar-refractivity contribution in [2.45, 2.75) is 0 Å².